The van der Waals surface area contributed by atoms with Crippen LogP contribution in [0.15, 0.2) is 30.3 Å². The van der Waals surface area contributed by atoms with Gasteiger partial charge in [0, 0.05) is 19.6 Å². The standard InChI is InChI=1S/C13H19NO4/c15-10-7-14(6-9-4-2-1-3-5-9)8-11(16)13(18)12(10)17/h1-5,10-13,15-18H,6-8H2/t10-,11?,12?,13?/m1/s1. The van der Waals surface area contributed by atoms with E-state index in [-0.39, 0.29) is 13.1 Å². The van der Waals surface area contributed by atoms with Crippen molar-refractivity contribution in [1.82, 2.24) is 4.90 Å². The molecule has 5 heteroatoms. The molecule has 1 saturated heterocycles. The minimum Gasteiger partial charge on any atom is -0.389 e. The van der Waals surface area contributed by atoms with Crippen LogP contribution < -0.4 is 0 Å². The molecule has 0 aliphatic carbocycles. The van der Waals surface area contributed by atoms with Crippen molar-refractivity contribution in [1.29, 1.82) is 0 Å². The Balaban J connectivity index is 2.05. The maximum Gasteiger partial charge on any atom is 0.110 e. The highest BCUT2D eigenvalue weighted by Gasteiger charge is 2.36. The molecule has 18 heavy (non-hydrogen) atoms. The van der Waals surface area contributed by atoms with Crippen LogP contribution in [0.3, 0.4) is 0 Å². The highest BCUT2D eigenvalue weighted by Crippen LogP contribution is 2.15. The van der Waals surface area contributed by atoms with E-state index in [0.717, 1.165) is 5.56 Å². The summed E-state index contributed by atoms with van der Waals surface area (Å²) in [5.41, 5.74) is 1.06. The van der Waals surface area contributed by atoms with Crippen molar-refractivity contribution in [3.05, 3.63) is 35.9 Å². The summed E-state index contributed by atoms with van der Waals surface area (Å²) in [4.78, 5) is 1.82. The number of hydrogen-bond acceptors (Lipinski definition) is 5. The Morgan fingerprint density at radius 3 is 1.89 bits per heavy atom. The molecule has 0 saturated carbocycles. The summed E-state index contributed by atoms with van der Waals surface area (Å²) in [5.74, 6) is 0. The van der Waals surface area contributed by atoms with Crippen molar-refractivity contribution in [2.75, 3.05) is 13.1 Å². The van der Waals surface area contributed by atoms with E-state index in [4.69, 9.17) is 0 Å². The summed E-state index contributed by atoms with van der Waals surface area (Å²) in [6.07, 6.45) is -4.72. The number of β-amino-alcohol motifs (C(OH)–C–C–N with tert-alkyl or cyclic N) is 2. The third-order valence-electron chi connectivity index (χ3n) is 3.28. The van der Waals surface area contributed by atoms with E-state index in [0.29, 0.717) is 6.54 Å². The molecule has 0 bridgehead atoms. The van der Waals surface area contributed by atoms with Gasteiger partial charge in [-0.05, 0) is 5.56 Å². The van der Waals surface area contributed by atoms with Crippen molar-refractivity contribution < 1.29 is 20.4 Å². The topological polar surface area (TPSA) is 84.2 Å². The van der Waals surface area contributed by atoms with Gasteiger partial charge in [-0.15, -0.1) is 0 Å². The van der Waals surface area contributed by atoms with Crippen LogP contribution in [0.5, 0.6) is 0 Å². The fourth-order valence-electron chi connectivity index (χ4n) is 2.25. The minimum absolute atomic E-state index is 0.226. The second kappa shape index (κ2) is 5.77. The molecule has 2 rings (SSSR count). The molecule has 0 radical (unpaired) electrons. The normalized spacial score (nSPS) is 34.2. The molecule has 4 N–H and O–H groups in total. The average molecular weight is 253 g/mol. The van der Waals surface area contributed by atoms with Gasteiger partial charge in [0.2, 0.25) is 0 Å². The Morgan fingerprint density at radius 2 is 1.39 bits per heavy atom. The molecule has 1 heterocycles. The van der Waals surface area contributed by atoms with Crippen molar-refractivity contribution in [3.8, 4) is 0 Å². The lowest BCUT2D eigenvalue weighted by Gasteiger charge is -2.23. The van der Waals surface area contributed by atoms with Gasteiger partial charge in [0.05, 0.1) is 12.2 Å². The highest BCUT2D eigenvalue weighted by atomic mass is 16.4. The fourth-order valence-corrected chi connectivity index (χ4v) is 2.25. The predicted octanol–water partition coefficient (Wildman–Crippen LogP) is -1.05. The maximum atomic E-state index is 9.73. The largest absolute Gasteiger partial charge is 0.389 e. The fraction of sp³-hybridized carbons (Fsp3) is 0.538. The smallest absolute Gasteiger partial charge is 0.110 e. The second-order valence-corrected chi connectivity index (χ2v) is 4.80. The van der Waals surface area contributed by atoms with Crippen molar-refractivity contribution in [3.63, 3.8) is 0 Å². The molecule has 0 spiro atoms. The highest BCUT2D eigenvalue weighted by molar-refractivity contribution is 5.14. The van der Waals surface area contributed by atoms with E-state index in [1.807, 2.05) is 35.2 Å². The zero-order valence-corrected chi connectivity index (χ0v) is 10.1. The van der Waals surface area contributed by atoms with Crippen molar-refractivity contribution in [2.24, 2.45) is 0 Å². The van der Waals surface area contributed by atoms with Crippen LogP contribution in [-0.2, 0) is 6.54 Å². The molecule has 5 nitrogen and oxygen atoms in total. The zero-order valence-electron chi connectivity index (χ0n) is 10.1. The number of nitrogens with zero attached hydrogens (tertiary/aromatic N) is 1. The van der Waals surface area contributed by atoms with E-state index in [2.05, 4.69) is 0 Å². The van der Waals surface area contributed by atoms with Gasteiger partial charge in [-0.25, -0.2) is 0 Å². The van der Waals surface area contributed by atoms with E-state index < -0.39 is 24.4 Å². The summed E-state index contributed by atoms with van der Waals surface area (Å²) in [7, 11) is 0. The molecule has 0 amide bonds. The number of aliphatic hydroxyl groups is 4. The quantitative estimate of drug-likeness (QED) is 0.540. The Labute approximate surface area is 106 Å². The van der Waals surface area contributed by atoms with Gasteiger partial charge in [0.1, 0.15) is 12.2 Å². The molecule has 0 aromatic heterocycles. The number of benzene rings is 1. The first-order valence-electron chi connectivity index (χ1n) is 6.06. The third-order valence-corrected chi connectivity index (χ3v) is 3.28. The summed E-state index contributed by atoms with van der Waals surface area (Å²) in [5, 5.41) is 38.7. The average Bonchev–Trinajstić information content (AvgIpc) is 2.44. The van der Waals surface area contributed by atoms with E-state index in [1.165, 1.54) is 0 Å². The third kappa shape index (κ3) is 3.07. The Bertz CT molecular complexity index is 357. The molecule has 1 aromatic rings. The van der Waals surface area contributed by atoms with Gasteiger partial charge in [-0.3, -0.25) is 4.90 Å². The number of hydrogen-bond donors (Lipinski definition) is 4. The van der Waals surface area contributed by atoms with Gasteiger partial charge in [-0.1, -0.05) is 30.3 Å². The Kier molecular flexibility index (Phi) is 4.31. The van der Waals surface area contributed by atoms with E-state index >= 15 is 0 Å². The summed E-state index contributed by atoms with van der Waals surface area (Å²) in [6, 6.07) is 9.67. The lowest BCUT2D eigenvalue weighted by molar-refractivity contribution is -0.0894. The van der Waals surface area contributed by atoms with E-state index in [1.54, 1.807) is 0 Å². The maximum absolute atomic E-state index is 9.73. The predicted molar refractivity (Wildman–Crippen MR) is 65.7 cm³/mol. The lowest BCUT2D eigenvalue weighted by Crippen LogP contribution is -2.43. The first kappa shape index (κ1) is 13.5. The van der Waals surface area contributed by atoms with Gasteiger partial charge in [-0.2, -0.15) is 0 Å². The van der Waals surface area contributed by atoms with E-state index in [9.17, 15) is 20.4 Å². The van der Waals surface area contributed by atoms with Gasteiger partial charge in [0.25, 0.3) is 0 Å². The van der Waals surface area contributed by atoms with Crippen LogP contribution in [-0.4, -0.2) is 62.8 Å². The summed E-state index contributed by atoms with van der Waals surface area (Å²) < 4.78 is 0. The molecule has 1 aliphatic heterocycles. The summed E-state index contributed by atoms with van der Waals surface area (Å²) >= 11 is 0. The Hall–Kier alpha value is -0.980. The molecule has 1 aromatic carbocycles. The Morgan fingerprint density at radius 1 is 0.889 bits per heavy atom. The first-order valence-corrected chi connectivity index (χ1v) is 6.06. The van der Waals surface area contributed by atoms with Crippen LogP contribution in [0.25, 0.3) is 0 Å². The molecule has 4 atom stereocenters. The van der Waals surface area contributed by atoms with Crippen LogP contribution in [0.1, 0.15) is 5.56 Å². The molecule has 100 valence electrons. The van der Waals surface area contributed by atoms with Crippen LogP contribution in [0, 0.1) is 0 Å². The molecule has 1 fully saturated rings. The molecule has 1 aliphatic rings. The van der Waals surface area contributed by atoms with Crippen LogP contribution in [0.2, 0.25) is 0 Å². The monoisotopic (exact) mass is 253 g/mol. The number of aliphatic hydroxyl groups excluding tert-OH is 4. The zero-order chi connectivity index (χ0) is 13.1. The van der Waals surface area contributed by atoms with Crippen LogP contribution >= 0.6 is 0 Å². The SMILES string of the molecule is OC1CN(Cc2ccccc2)C[C@@H](O)C(O)C1O. The summed E-state index contributed by atoms with van der Waals surface area (Å²) in [6.45, 7) is 1.02. The minimum atomic E-state index is -1.30. The lowest BCUT2D eigenvalue weighted by atomic mass is 10.1. The van der Waals surface area contributed by atoms with Gasteiger partial charge < -0.3 is 20.4 Å². The van der Waals surface area contributed by atoms with Gasteiger partial charge in [0.15, 0.2) is 0 Å². The first-order chi connectivity index (χ1) is 8.58. The molecular formula is C13H19NO4. The second-order valence-electron chi connectivity index (χ2n) is 4.80. The van der Waals surface area contributed by atoms with Crippen LogP contribution in [0.4, 0.5) is 0 Å². The van der Waals surface area contributed by atoms with Crippen molar-refractivity contribution >= 4 is 0 Å². The molecule has 3 unspecified atom stereocenters. The molecular weight excluding hydrogens is 234 g/mol. The van der Waals surface area contributed by atoms with Gasteiger partial charge >= 0.3 is 0 Å². The number of likely N-dealkylation sites (tertiary alicyclic amines) is 1. The number of rotatable bonds is 2. The van der Waals surface area contributed by atoms with Crippen molar-refractivity contribution in [2.45, 2.75) is 31.0 Å².